The second kappa shape index (κ2) is 4.88. The molecule has 0 spiro atoms. The largest absolute Gasteiger partial charge is 0.371 e. The molecule has 0 bridgehead atoms. The van der Waals surface area contributed by atoms with Crippen molar-refractivity contribution in [3.8, 4) is 0 Å². The predicted molar refractivity (Wildman–Crippen MR) is 70.3 cm³/mol. The molecule has 2 heteroatoms. The van der Waals surface area contributed by atoms with Crippen molar-refractivity contribution in [2.24, 2.45) is 0 Å². The Kier molecular flexibility index (Phi) is 3.49. The van der Waals surface area contributed by atoms with Gasteiger partial charge < -0.3 is 10.2 Å². The van der Waals surface area contributed by atoms with E-state index in [1.54, 1.807) is 11.1 Å². The summed E-state index contributed by atoms with van der Waals surface area (Å²) in [6.45, 7) is 3.41. The Labute approximate surface area is 98.7 Å². The molecule has 1 aromatic rings. The minimum absolute atomic E-state index is 0.653. The molecule has 1 N–H and O–H groups in total. The lowest BCUT2D eigenvalue weighted by Gasteiger charge is -2.18. The van der Waals surface area contributed by atoms with E-state index in [0.717, 1.165) is 6.54 Å². The van der Waals surface area contributed by atoms with Gasteiger partial charge in [0.05, 0.1) is 0 Å². The summed E-state index contributed by atoms with van der Waals surface area (Å²) in [5, 5.41) is 3.21. The van der Waals surface area contributed by atoms with E-state index >= 15 is 0 Å². The first-order valence-electron chi connectivity index (χ1n) is 6.22. The Bertz CT molecular complexity index is 360. The third kappa shape index (κ3) is 2.07. The average molecular weight is 218 g/mol. The number of hydrogen-bond donors (Lipinski definition) is 1. The van der Waals surface area contributed by atoms with Crippen LogP contribution in [0.25, 0.3) is 0 Å². The van der Waals surface area contributed by atoms with Crippen molar-refractivity contribution in [2.75, 3.05) is 25.5 Å². The summed E-state index contributed by atoms with van der Waals surface area (Å²) in [6.07, 6.45) is 3.64. The number of benzene rings is 1. The first kappa shape index (κ1) is 11.5. The minimum Gasteiger partial charge on any atom is -0.371 e. The van der Waals surface area contributed by atoms with Gasteiger partial charge in [0.25, 0.3) is 0 Å². The van der Waals surface area contributed by atoms with Crippen molar-refractivity contribution in [1.82, 2.24) is 5.32 Å². The van der Waals surface area contributed by atoms with Gasteiger partial charge in [-0.15, -0.1) is 0 Å². The number of nitrogens with one attached hydrogen (secondary N) is 1. The van der Waals surface area contributed by atoms with Crippen molar-refractivity contribution in [2.45, 2.75) is 32.2 Å². The monoisotopic (exact) mass is 218 g/mol. The molecule has 0 saturated heterocycles. The fraction of sp³-hybridized carbons (Fsp3) is 0.571. The highest BCUT2D eigenvalue weighted by Crippen LogP contribution is 2.33. The van der Waals surface area contributed by atoms with Gasteiger partial charge in [0.2, 0.25) is 0 Å². The second-order valence-corrected chi connectivity index (χ2v) is 4.79. The molecular formula is C14H22N2. The van der Waals surface area contributed by atoms with Crippen LogP contribution in [0.15, 0.2) is 18.2 Å². The molecule has 0 aromatic heterocycles. The Morgan fingerprint density at radius 3 is 3.00 bits per heavy atom. The fourth-order valence-electron chi connectivity index (χ4n) is 2.55. The number of likely N-dealkylation sites (N-methyl/N-ethyl adjacent to an activating group) is 1. The zero-order valence-electron chi connectivity index (χ0n) is 10.6. The van der Waals surface area contributed by atoms with E-state index < -0.39 is 0 Å². The summed E-state index contributed by atoms with van der Waals surface area (Å²) in [4.78, 5) is 2.40. The highest BCUT2D eigenvalue weighted by molar-refractivity contribution is 5.61. The lowest BCUT2D eigenvalue weighted by atomic mass is 9.99. The van der Waals surface area contributed by atoms with Crippen LogP contribution in [0.2, 0.25) is 0 Å². The SMILES string of the molecule is CNCCCc1cccc2c1CC(C)N2C. The Morgan fingerprint density at radius 2 is 2.25 bits per heavy atom. The van der Waals surface area contributed by atoms with Gasteiger partial charge in [0.15, 0.2) is 0 Å². The summed E-state index contributed by atoms with van der Waals surface area (Å²) in [5.74, 6) is 0. The molecule has 1 atom stereocenters. The van der Waals surface area contributed by atoms with E-state index in [0.29, 0.717) is 6.04 Å². The number of rotatable bonds is 4. The van der Waals surface area contributed by atoms with Crippen LogP contribution in [0.3, 0.4) is 0 Å². The van der Waals surface area contributed by atoms with Gasteiger partial charge in [-0.25, -0.2) is 0 Å². The topological polar surface area (TPSA) is 15.3 Å². The Hall–Kier alpha value is -1.02. The Morgan fingerprint density at radius 1 is 1.44 bits per heavy atom. The molecule has 1 aromatic carbocycles. The molecule has 1 unspecified atom stereocenters. The van der Waals surface area contributed by atoms with E-state index in [2.05, 4.69) is 42.4 Å². The normalized spacial score (nSPS) is 18.9. The van der Waals surface area contributed by atoms with E-state index in [1.807, 2.05) is 7.05 Å². The maximum absolute atomic E-state index is 3.21. The molecule has 88 valence electrons. The first-order valence-corrected chi connectivity index (χ1v) is 6.22. The Balaban J connectivity index is 2.16. The van der Waals surface area contributed by atoms with Crippen LogP contribution < -0.4 is 10.2 Å². The van der Waals surface area contributed by atoms with Gasteiger partial charge in [0, 0.05) is 18.8 Å². The molecule has 16 heavy (non-hydrogen) atoms. The molecule has 1 aliphatic rings. The van der Waals surface area contributed by atoms with Crippen molar-refractivity contribution >= 4 is 5.69 Å². The molecule has 0 radical (unpaired) electrons. The molecule has 0 saturated carbocycles. The van der Waals surface area contributed by atoms with Crippen LogP contribution in [0.4, 0.5) is 5.69 Å². The molecule has 0 aliphatic carbocycles. The van der Waals surface area contributed by atoms with Crippen LogP contribution in [0, 0.1) is 0 Å². The lowest BCUT2D eigenvalue weighted by Crippen LogP contribution is -2.23. The van der Waals surface area contributed by atoms with Crippen molar-refractivity contribution < 1.29 is 0 Å². The van der Waals surface area contributed by atoms with Crippen molar-refractivity contribution in [3.63, 3.8) is 0 Å². The lowest BCUT2D eigenvalue weighted by molar-refractivity contribution is 0.711. The quantitative estimate of drug-likeness (QED) is 0.780. The van der Waals surface area contributed by atoms with Gasteiger partial charge in [-0.3, -0.25) is 0 Å². The van der Waals surface area contributed by atoms with Gasteiger partial charge in [0.1, 0.15) is 0 Å². The summed E-state index contributed by atoms with van der Waals surface area (Å²) >= 11 is 0. The molecule has 0 amide bonds. The molecule has 0 fully saturated rings. The summed E-state index contributed by atoms with van der Waals surface area (Å²) in [5.41, 5.74) is 4.56. The molecule has 2 nitrogen and oxygen atoms in total. The maximum Gasteiger partial charge on any atom is 0.0402 e. The van der Waals surface area contributed by atoms with Crippen LogP contribution in [-0.4, -0.2) is 26.7 Å². The molecular weight excluding hydrogens is 196 g/mol. The van der Waals surface area contributed by atoms with Gasteiger partial charge >= 0.3 is 0 Å². The second-order valence-electron chi connectivity index (χ2n) is 4.79. The number of aryl methyl sites for hydroxylation is 1. The first-order chi connectivity index (χ1) is 7.74. The van der Waals surface area contributed by atoms with Gasteiger partial charge in [-0.2, -0.15) is 0 Å². The number of fused-ring (bicyclic) bond motifs is 1. The van der Waals surface area contributed by atoms with Crippen molar-refractivity contribution in [3.05, 3.63) is 29.3 Å². The highest BCUT2D eigenvalue weighted by atomic mass is 15.1. The number of anilines is 1. The summed E-state index contributed by atoms with van der Waals surface area (Å²) in [6, 6.07) is 7.39. The third-order valence-electron chi connectivity index (χ3n) is 3.66. The average Bonchev–Trinajstić information content (AvgIpc) is 2.57. The van der Waals surface area contributed by atoms with Gasteiger partial charge in [-0.1, -0.05) is 12.1 Å². The standard InChI is InChI=1S/C14H22N2/c1-11-10-13-12(7-5-9-15-2)6-4-8-14(13)16(11)3/h4,6,8,11,15H,5,7,9-10H2,1-3H3. The van der Waals surface area contributed by atoms with Crippen molar-refractivity contribution in [1.29, 1.82) is 0 Å². The van der Waals surface area contributed by atoms with Crippen LogP contribution in [0.5, 0.6) is 0 Å². The minimum atomic E-state index is 0.653. The molecule has 1 heterocycles. The van der Waals surface area contributed by atoms with E-state index in [-0.39, 0.29) is 0 Å². The fourth-order valence-corrected chi connectivity index (χ4v) is 2.55. The highest BCUT2D eigenvalue weighted by Gasteiger charge is 2.24. The van der Waals surface area contributed by atoms with Crippen LogP contribution in [0.1, 0.15) is 24.5 Å². The predicted octanol–water partition coefficient (Wildman–Crippen LogP) is 2.22. The van der Waals surface area contributed by atoms with Crippen LogP contribution >= 0.6 is 0 Å². The third-order valence-corrected chi connectivity index (χ3v) is 3.66. The van der Waals surface area contributed by atoms with E-state index in [4.69, 9.17) is 0 Å². The van der Waals surface area contributed by atoms with Gasteiger partial charge in [-0.05, 0) is 57.0 Å². The zero-order chi connectivity index (χ0) is 11.5. The number of nitrogens with zero attached hydrogens (tertiary/aromatic N) is 1. The van der Waals surface area contributed by atoms with Crippen LogP contribution in [-0.2, 0) is 12.8 Å². The molecule has 1 aliphatic heterocycles. The number of hydrogen-bond acceptors (Lipinski definition) is 2. The van der Waals surface area contributed by atoms with E-state index in [9.17, 15) is 0 Å². The zero-order valence-corrected chi connectivity index (χ0v) is 10.6. The smallest absolute Gasteiger partial charge is 0.0402 e. The molecule has 2 rings (SSSR count). The summed E-state index contributed by atoms with van der Waals surface area (Å²) in [7, 11) is 4.22. The summed E-state index contributed by atoms with van der Waals surface area (Å²) < 4.78 is 0. The maximum atomic E-state index is 3.21. The van der Waals surface area contributed by atoms with E-state index in [1.165, 1.54) is 24.9 Å².